The first-order valence-electron chi connectivity index (χ1n) is 25.6. The molecular weight excluding hydrogens is 792 g/mol. The largest absolute Gasteiger partial charge is 0.756 e. The van der Waals surface area contributed by atoms with Crippen LogP contribution in [0.25, 0.3) is 0 Å². The molecule has 8 nitrogen and oxygen atoms in total. The van der Waals surface area contributed by atoms with Crippen molar-refractivity contribution in [2.45, 2.75) is 231 Å². The number of likely N-dealkylation sites (N-methyl/N-ethyl adjacent to an activating group) is 1. The predicted molar refractivity (Wildman–Crippen MR) is 265 cm³/mol. The number of carbonyl (C=O) groups excluding carboxylic acids is 1. The summed E-state index contributed by atoms with van der Waals surface area (Å²) in [6, 6.07) is -0.821. The first-order valence-corrected chi connectivity index (χ1v) is 27.1. The molecule has 9 heteroatoms. The minimum atomic E-state index is -4.58. The van der Waals surface area contributed by atoms with E-state index in [4.69, 9.17) is 9.05 Å². The number of phosphoric ester groups is 1. The zero-order chi connectivity index (χ0) is 45.7. The molecule has 0 aliphatic rings. The summed E-state index contributed by atoms with van der Waals surface area (Å²) in [4.78, 5) is 25.4. The number of rotatable bonds is 46. The summed E-state index contributed by atoms with van der Waals surface area (Å²) in [5.41, 5.74) is 0. The van der Waals surface area contributed by atoms with Crippen LogP contribution in [0.4, 0.5) is 0 Å². The van der Waals surface area contributed by atoms with Crippen LogP contribution in [0.5, 0.6) is 0 Å². The number of allylic oxidation sites excluding steroid dienone is 10. The SMILES string of the molecule is CC/C=C\C/C=C\C/C=C\C/C=C\C/C=C\CCCCCC(=O)NC(COP(=O)([O-])OCC[N+](C)(C)C)C(O)CCCCCCCCCCCCCCCCCCCCCCC. The van der Waals surface area contributed by atoms with Crippen molar-refractivity contribution in [3.05, 3.63) is 60.8 Å². The zero-order valence-corrected chi connectivity index (χ0v) is 42.0. The number of aliphatic hydroxyl groups excluding tert-OH is 1. The number of hydrogen-bond donors (Lipinski definition) is 2. The van der Waals surface area contributed by atoms with Gasteiger partial charge in [-0.15, -0.1) is 0 Å². The molecule has 0 aliphatic carbocycles. The van der Waals surface area contributed by atoms with Crippen molar-refractivity contribution in [3.8, 4) is 0 Å². The fourth-order valence-corrected chi connectivity index (χ4v) is 7.97. The summed E-state index contributed by atoms with van der Waals surface area (Å²) in [6.45, 7) is 4.59. The molecule has 0 aromatic rings. The Labute approximate surface area is 383 Å². The number of quaternary nitrogens is 1. The van der Waals surface area contributed by atoms with Crippen molar-refractivity contribution in [2.24, 2.45) is 0 Å². The van der Waals surface area contributed by atoms with Crippen molar-refractivity contribution in [2.75, 3.05) is 40.9 Å². The third-order valence-corrected chi connectivity index (χ3v) is 12.2. The van der Waals surface area contributed by atoms with Gasteiger partial charge < -0.3 is 28.8 Å². The van der Waals surface area contributed by atoms with E-state index >= 15 is 0 Å². The minimum absolute atomic E-state index is 0.00290. The Morgan fingerprint density at radius 3 is 1.42 bits per heavy atom. The van der Waals surface area contributed by atoms with Gasteiger partial charge in [0.05, 0.1) is 39.9 Å². The van der Waals surface area contributed by atoms with Gasteiger partial charge in [-0.2, -0.15) is 0 Å². The molecule has 0 radical (unpaired) electrons. The van der Waals surface area contributed by atoms with E-state index in [0.717, 1.165) is 77.0 Å². The molecule has 0 saturated carbocycles. The molecule has 0 aromatic carbocycles. The first-order chi connectivity index (χ1) is 30.0. The number of nitrogens with zero attached hydrogens (tertiary/aromatic N) is 1. The van der Waals surface area contributed by atoms with E-state index in [0.29, 0.717) is 23.9 Å². The van der Waals surface area contributed by atoms with Gasteiger partial charge in [0.2, 0.25) is 5.91 Å². The number of aliphatic hydroxyl groups is 1. The summed E-state index contributed by atoms with van der Waals surface area (Å²) < 4.78 is 23.3. The molecule has 2 N–H and O–H groups in total. The highest BCUT2D eigenvalue weighted by molar-refractivity contribution is 7.45. The molecule has 1 amide bonds. The van der Waals surface area contributed by atoms with Gasteiger partial charge in [-0.25, -0.2) is 0 Å². The van der Waals surface area contributed by atoms with Crippen molar-refractivity contribution in [3.63, 3.8) is 0 Å². The lowest BCUT2D eigenvalue weighted by Gasteiger charge is -2.30. The lowest BCUT2D eigenvalue weighted by Crippen LogP contribution is -2.46. The summed E-state index contributed by atoms with van der Waals surface area (Å²) >= 11 is 0. The molecule has 0 saturated heterocycles. The third kappa shape index (κ3) is 46.2. The van der Waals surface area contributed by atoms with E-state index < -0.39 is 20.0 Å². The molecule has 0 fully saturated rings. The lowest BCUT2D eigenvalue weighted by atomic mass is 10.0. The van der Waals surface area contributed by atoms with E-state index in [-0.39, 0.29) is 19.1 Å². The summed E-state index contributed by atoms with van der Waals surface area (Å²) in [7, 11) is 1.28. The van der Waals surface area contributed by atoms with Crippen molar-refractivity contribution >= 4 is 13.7 Å². The van der Waals surface area contributed by atoms with E-state index in [2.05, 4.69) is 79.9 Å². The highest BCUT2D eigenvalue weighted by atomic mass is 31.2. The van der Waals surface area contributed by atoms with Crippen LogP contribution in [0.1, 0.15) is 219 Å². The molecular formula is C53H99N2O6P. The molecule has 0 bridgehead atoms. The molecule has 362 valence electrons. The van der Waals surface area contributed by atoms with Crippen LogP contribution in [0.15, 0.2) is 60.8 Å². The van der Waals surface area contributed by atoms with Gasteiger partial charge in [0.25, 0.3) is 7.82 Å². The quantitative estimate of drug-likeness (QED) is 0.0273. The maximum atomic E-state index is 12.9. The van der Waals surface area contributed by atoms with Crippen LogP contribution >= 0.6 is 7.82 Å². The fourth-order valence-electron chi connectivity index (χ4n) is 7.24. The Morgan fingerprint density at radius 2 is 0.984 bits per heavy atom. The molecule has 0 rings (SSSR count). The Hall–Kier alpha value is -1.80. The van der Waals surface area contributed by atoms with Crippen molar-refractivity contribution in [1.82, 2.24) is 5.32 Å². The Kier molecular flexibility index (Phi) is 43.1. The summed E-state index contributed by atoms with van der Waals surface area (Å²) in [6.07, 6.45) is 58.1. The highest BCUT2D eigenvalue weighted by Crippen LogP contribution is 2.38. The smallest absolute Gasteiger partial charge is 0.268 e. The van der Waals surface area contributed by atoms with Gasteiger partial charge in [-0.3, -0.25) is 9.36 Å². The van der Waals surface area contributed by atoms with Gasteiger partial charge in [-0.1, -0.05) is 216 Å². The number of carbonyl (C=O) groups is 1. The zero-order valence-electron chi connectivity index (χ0n) is 41.1. The van der Waals surface area contributed by atoms with E-state index in [9.17, 15) is 19.4 Å². The van der Waals surface area contributed by atoms with Crippen molar-refractivity contribution in [1.29, 1.82) is 0 Å². The lowest BCUT2D eigenvalue weighted by molar-refractivity contribution is -0.870. The molecule has 0 spiro atoms. The number of nitrogens with one attached hydrogen (secondary N) is 1. The van der Waals surface area contributed by atoms with Gasteiger partial charge in [0.1, 0.15) is 13.2 Å². The average Bonchev–Trinajstić information content (AvgIpc) is 3.23. The summed E-state index contributed by atoms with van der Waals surface area (Å²) in [5, 5.41) is 14.0. The average molecular weight is 891 g/mol. The van der Waals surface area contributed by atoms with Crippen LogP contribution in [-0.4, -0.2) is 68.5 Å². The fraction of sp³-hybridized carbons (Fsp3) is 0.792. The second-order valence-electron chi connectivity index (χ2n) is 18.5. The Balaban J connectivity index is 4.33. The maximum absolute atomic E-state index is 12.9. The first kappa shape index (κ1) is 60.2. The van der Waals surface area contributed by atoms with Crippen LogP contribution in [0.2, 0.25) is 0 Å². The molecule has 0 aromatic heterocycles. The number of unbranched alkanes of at least 4 members (excludes halogenated alkanes) is 23. The topological polar surface area (TPSA) is 108 Å². The number of amides is 1. The van der Waals surface area contributed by atoms with Crippen molar-refractivity contribution < 1.29 is 32.9 Å². The van der Waals surface area contributed by atoms with Gasteiger partial charge >= 0.3 is 0 Å². The van der Waals surface area contributed by atoms with Gasteiger partial charge in [-0.05, 0) is 57.8 Å². The molecule has 3 atom stereocenters. The third-order valence-electron chi connectivity index (χ3n) is 11.3. The van der Waals surface area contributed by atoms with Crippen LogP contribution in [0.3, 0.4) is 0 Å². The van der Waals surface area contributed by atoms with E-state index in [1.165, 1.54) is 116 Å². The second-order valence-corrected chi connectivity index (χ2v) is 19.9. The minimum Gasteiger partial charge on any atom is -0.756 e. The second kappa shape index (κ2) is 44.4. The predicted octanol–water partition coefficient (Wildman–Crippen LogP) is 14.3. The van der Waals surface area contributed by atoms with E-state index in [1.807, 2.05) is 21.1 Å². The standard InChI is InChI=1S/C53H99N2O6P/c1-6-8-10-12-14-16-18-20-22-24-26-27-29-30-32-34-36-38-40-42-44-46-52(56)51(50-61-62(58,59)60-49-48-55(3,4)5)54-53(57)47-45-43-41-39-37-35-33-31-28-25-23-21-19-17-15-13-11-9-7-2/h9,11,15,17,21,23,28,31,35,37,51-52,56H,6-8,10,12-14,16,18-20,22,24-27,29-30,32-34,36,38-50H2,1-5H3,(H-,54,57,58,59)/b11-9-,17-15-,23-21-,31-28-,37-35-. The maximum Gasteiger partial charge on any atom is 0.268 e. The highest BCUT2D eigenvalue weighted by Gasteiger charge is 2.24. The summed E-state index contributed by atoms with van der Waals surface area (Å²) in [5.74, 6) is -0.196. The normalized spacial score (nSPS) is 14.6. The molecule has 0 aliphatic heterocycles. The van der Waals surface area contributed by atoms with E-state index in [1.54, 1.807) is 0 Å². The van der Waals surface area contributed by atoms with Crippen LogP contribution in [0, 0.1) is 0 Å². The molecule has 0 heterocycles. The molecule has 62 heavy (non-hydrogen) atoms. The number of phosphoric acid groups is 1. The Bertz CT molecular complexity index is 1190. The van der Waals surface area contributed by atoms with Crippen LogP contribution in [-0.2, 0) is 18.4 Å². The van der Waals surface area contributed by atoms with Gasteiger partial charge in [0, 0.05) is 6.42 Å². The Morgan fingerprint density at radius 1 is 0.581 bits per heavy atom. The monoisotopic (exact) mass is 891 g/mol. The van der Waals surface area contributed by atoms with Gasteiger partial charge in [0.15, 0.2) is 0 Å². The molecule has 3 unspecified atom stereocenters. The number of hydrogen-bond acceptors (Lipinski definition) is 6. The van der Waals surface area contributed by atoms with Crippen LogP contribution < -0.4 is 10.2 Å².